The fourth-order valence-electron chi connectivity index (χ4n) is 3.75. The number of aromatic nitrogens is 1. The van der Waals surface area contributed by atoms with Crippen LogP contribution in [0, 0.1) is 5.92 Å². The van der Waals surface area contributed by atoms with Gasteiger partial charge in [-0.3, -0.25) is 9.59 Å². The molecule has 4 rings (SSSR count). The number of nitrogens with zero attached hydrogens (tertiary/aromatic N) is 2. The molecule has 3 N–H and O–H groups in total. The molecule has 0 bridgehead atoms. The van der Waals surface area contributed by atoms with Crippen LogP contribution in [0.15, 0.2) is 28.1 Å². The summed E-state index contributed by atoms with van der Waals surface area (Å²) in [5.41, 5.74) is 0.296. The van der Waals surface area contributed by atoms with E-state index in [9.17, 15) is 14.7 Å². The second kappa shape index (κ2) is 10.4. The standard InChI is InChI=1S/C21H28N4O5S/c26-17-13-29-12-16(17)23-20(27)14-10-25(11-14)7-3-1-2-6-22-21(28)15-9-18(30-24-15)19-5-4-8-31-19/h4-5,8-9,14,16-17,26H,1-3,6-7,10-13H2,(H,22,28)(H,23,27). The highest BCUT2D eigenvalue weighted by molar-refractivity contribution is 7.13. The van der Waals surface area contributed by atoms with Gasteiger partial charge in [-0.05, 0) is 30.8 Å². The maximum absolute atomic E-state index is 12.2. The highest BCUT2D eigenvalue weighted by Gasteiger charge is 2.35. The zero-order chi connectivity index (χ0) is 21.6. The van der Waals surface area contributed by atoms with Crippen LogP contribution in [0.2, 0.25) is 0 Å². The van der Waals surface area contributed by atoms with Crippen molar-refractivity contribution in [3.63, 3.8) is 0 Å². The van der Waals surface area contributed by atoms with Crippen LogP contribution in [0.3, 0.4) is 0 Å². The number of hydrogen-bond donors (Lipinski definition) is 3. The van der Waals surface area contributed by atoms with E-state index in [2.05, 4.69) is 20.7 Å². The molecule has 0 spiro atoms. The second-order valence-electron chi connectivity index (χ2n) is 8.05. The molecule has 4 heterocycles. The van der Waals surface area contributed by atoms with Gasteiger partial charge in [0.05, 0.1) is 36.2 Å². The molecule has 0 aliphatic carbocycles. The highest BCUT2D eigenvalue weighted by Crippen LogP contribution is 2.25. The van der Waals surface area contributed by atoms with E-state index < -0.39 is 6.10 Å². The molecule has 0 aromatic carbocycles. The van der Waals surface area contributed by atoms with E-state index in [1.54, 1.807) is 6.07 Å². The predicted octanol–water partition coefficient (Wildman–Crippen LogP) is 1.11. The van der Waals surface area contributed by atoms with Gasteiger partial charge < -0.3 is 29.9 Å². The van der Waals surface area contributed by atoms with Gasteiger partial charge in [0.15, 0.2) is 11.5 Å². The topological polar surface area (TPSA) is 117 Å². The molecule has 9 nitrogen and oxygen atoms in total. The molecule has 2 aromatic heterocycles. The summed E-state index contributed by atoms with van der Waals surface area (Å²) >= 11 is 1.54. The van der Waals surface area contributed by atoms with E-state index in [4.69, 9.17) is 9.26 Å². The van der Waals surface area contributed by atoms with Crippen molar-refractivity contribution in [2.45, 2.75) is 31.4 Å². The molecule has 168 valence electrons. The molecule has 2 aliphatic heterocycles. The lowest BCUT2D eigenvalue weighted by Crippen LogP contribution is -2.56. The Morgan fingerprint density at radius 2 is 2.13 bits per heavy atom. The summed E-state index contributed by atoms with van der Waals surface area (Å²) in [5, 5.41) is 21.3. The Balaban J connectivity index is 1.04. The maximum atomic E-state index is 12.2. The average Bonchev–Trinajstić information content (AvgIpc) is 3.47. The minimum absolute atomic E-state index is 0.00334. The van der Waals surface area contributed by atoms with Crippen LogP contribution in [-0.2, 0) is 9.53 Å². The Morgan fingerprint density at radius 3 is 2.87 bits per heavy atom. The monoisotopic (exact) mass is 448 g/mol. The third-order valence-corrected chi connectivity index (χ3v) is 6.53. The number of rotatable bonds is 10. The first-order chi connectivity index (χ1) is 15.1. The largest absolute Gasteiger partial charge is 0.388 e. The number of aliphatic hydroxyl groups is 1. The van der Waals surface area contributed by atoms with Crippen LogP contribution in [-0.4, -0.2) is 78.5 Å². The van der Waals surface area contributed by atoms with E-state index >= 15 is 0 Å². The molecule has 2 aromatic rings. The third-order valence-electron chi connectivity index (χ3n) is 5.65. The third kappa shape index (κ3) is 5.70. The lowest BCUT2D eigenvalue weighted by atomic mass is 9.98. The summed E-state index contributed by atoms with van der Waals surface area (Å²) in [5.74, 6) is 0.382. The van der Waals surface area contributed by atoms with Crippen molar-refractivity contribution in [3.8, 4) is 10.6 Å². The fraction of sp³-hybridized carbons (Fsp3) is 0.571. The van der Waals surface area contributed by atoms with E-state index in [1.165, 1.54) is 11.3 Å². The van der Waals surface area contributed by atoms with Crippen LogP contribution in [0.1, 0.15) is 29.8 Å². The number of carbonyl (C=O) groups excluding carboxylic acids is 2. The summed E-state index contributed by atoms with van der Waals surface area (Å²) in [6.45, 7) is 3.72. The van der Waals surface area contributed by atoms with Crippen LogP contribution >= 0.6 is 11.3 Å². The van der Waals surface area contributed by atoms with E-state index in [-0.39, 0.29) is 30.4 Å². The van der Waals surface area contributed by atoms with Gasteiger partial charge in [0.2, 0.25) is 5.91 Å². The van der Waals surface area contributed by atoms with Crippen molar-refractivity contribution in [2.75, 3.05) is 39.4 Å². The lowest BCUT2D eigenvalue weighted by Gasteiger charge is -2.38. The van der Waals surface area contributed by atoms with Gasteiger partial charge in [0.1, 0.15) is 0 Å². The number of carbonyl (C=O) groups is 2. The summed E-state index contributed by atoms with van der Waals surface area (Å²) in [6, 6.07) is 5.23. The summed E-state index contributed by atoms with van der Waals surface area (Å²) in [7, 11) is 0. The van der Waals surface area contributed by atoms with Crippen LogP contribution in [0.25, 0.3) is 10.6 Å². The highest BCUT2D eigenvalue weighted by atomic mass is 32.1. The Hall–Kier alpha value is -2.27. The molecule has 2 atom stereocenters. The smallest absolute Gasteiger partial charge is 0.273 e. The average molecular weight is 449 g/mol. The molecule has 31 heavy (non-hydrogen) atoms. The molecular formula is C21H28N4O5S. The van der Waals surface area contributed by atoms with Crippen molar-refractivity contribution < 1.29 is 24.0 Å². The molecule has 2 fully saturated rings. The Bertz CT molecular complexity index is 865. The summed E-state index contributed by atoms with van der Waals surface area (Å²) in [6.07, 6.45) is 2.30. The lowest BCUT2D eigenvalue weighted by molar-refractivity contribution is -0.131. The van der Waals surface area contributed by atoms with Gasteiger partial charge >= 0.3 is 0 Å². The minimum Gasteiger partial charge on any atom is -0.388 e. The molecule has 0 radical (unpaired) electrons. The first-order valence-electron chi connectivity index (χ1n) is 10.7. The van der Waals surface area contributed by atoms with Gasteiger partial charge in [-0.2, -0.15) is 0 Å². The first kappa shape index (κ1) is 21.9. The number of thiophene rings is 1. The molecule has 2 unspecified atom stereocenters. The minimum atomic E-state index is -0.604. The maximum Gasteiger partial charge on any atom is 0.273 e. The number of likely N-dealkylation sites (tertiary alicyclic amines) is 1. The zero-order valence-electron chi connectivity index (χ0n) is 17.3. The normalized spacial score (nSPS) is 21.7. The van der Waals surface area contributed by atoms with Gasteiger partial charge in [-0.25, -0.2) is 0 Å². The van der Waals surface area contributed by atoms with E-state index in [1.807, 2.05) is 17.5 Å². The van der Waals surface area contributed by atoms with Gasteiger partial charge in [-0.15, -0.1) is 11.3 Å². The summed E-state index contributed by atoms with van der Waals surface area (Å²) < 4.78 is 10.4. The molecule has 10 heteroatoms. The zero-order valence-corrected chi connectivity index (χ0v) is 18.1. The van der Waals surface area contributed by atoms with Crippen molar-refractivity contribution >= 4 is 23.2 Å². The summed E-state index contributed by atoms with van der Waals surface area (Å²) in [4.78, 5) is 27.6. The fourth-order valence-corrected chi connectivity index (χ4v) is 4.42. The van der Waals surface area contributed by atoms with E-state index in [0.29, 0.717) is 24.6 Å². The van der Waals surface area contributed by atoms with Gasteiger partial charge in [0.25, 0.3) is 5.91 Å². The second-order valence-corrected chi connectivity index (χ2v) is 8.99. The van der Waals surface area contributed by atoms with Crippen molar-refractivity contribution in [1.29, 1.82) is 0 Å². The van der Waals surface area contributed by atoms with Gasteiger partial charge in [-0.1, -0.05) is 17.6 Å². The Morgan fingerprint density at radius 1 is 1.26 bits per heavy atom. The van der Waals surface area contributed by atoms with Crippen LogP contribution < -0.4 is 10.6 Å². The SMILES string of the molecule is O=C(NCCCCCN1CC(C(=O)NC2COCC2O)C1)c1cc(-c2cccs2)on1. The van der Waals surface area contributed by atoms with Crippen molar-refractivity contribution in [3.05, 3.63) is 29.3 Å². The van der Waals surface area contributed by atoms with Crippen LogP contribution in [0.5, 0.6) is 0 Å². The number of amides is 2. The number of nitrogens with one attached hydrogen (secondary N) is 2. The number of aliphatic hydroxyl groups excluding tert-OH is 1. The molecule has 0 saturated carbocycles. The molecular weight excluding hydrogens is 420 g/mol. The molecule has 2 aliphatic rings. The van der Waals surface area contributed by atoms with Crippen molar-refractivity contribution in [1.82, 2.24) is 20.7 Å². The molecule has 2 saturated heterocycles. The first-order valence-corrected chi connectivity index (χ1v) is 11.6. The number of hydrogen-bond acceptors (Lipinski definition) is 8. The molecule has 2 amide bonds. The van der Waals surface area contributed by atoms with Crippen LogP contribution in [0.4, 0.5) is 0 Å². The van der Waals surface area contributed by atoms with E-state index in [0.717, 1.165) is 43.8 Å². The van der Waals surface area contributed by atoms with Crippen molar-refractivity contribution in [2.24, 2.45) is 5.92 Å². The number of unbranched alkanes of at least 4 members (excludes halogenated alkanes) is 2. The quantitative estimate of drug-likeness (QED) is 0.466. The van der Waals surface area contributed by atoms with Gasteiger partial charge in [0, 0.05) is 25.7 Å². The Kier molecular flexibility index (Phi) is 7.33. The Labute approximate surface area is 184 Å². The number of ether oxygens (including phenoxy) is 1. The predicted molar refractivity (Wildman–Crippen MR) is 115 cm³/mol.